The normalized spacial score (nSPS) is 32.5. The van der Waals surface area contributed by atoms with Crippen LogP contribution in [-0.2, 0) is 4.79 Å². The van der Waals surface area contributed by atoms with Crippen molar-refractivity contribution in [2.45, 2.75) is 18.2 Å². The molecule has 58 valence electrons. The maximum absolute atomic E-state index is 10.7. The van der Waals surface area contributed by atoms with E-state index in [4.69, 9.17) is 5.11 Å². The molecule has 4 heteroatoms. The summed E-state index contributed by atoms with van der Waals surface area (Å²) in [5, 5.41) is 11.8. The number of carbonyl (C=O) groups is 1. The topological polar surface area (TPSA) is 49.3 Å². The van der Waals surface area contributed by atoms with Gasteiger partial charge in [-0.3, -0.25) is 5.32 Å². The molecule has 10 heavy (non-hydrogen) atoms. The van der Waals surface area contributed by atoms with Crippen molar-refractivity contribution in [3.05, 3.63) is 0 Å². The van der Waals surface area contributed by atoms with E-state index in [1.54, 1.807) is 0 Å². The third-order valence-electron chi connectivity index (χ3n) is 1.70. The SMILES string of the molecule is CCC1(C(=O)O)NCCS1. The van der Waals surface area contributed by atoms with Crippen molar-refractivity contribution in [3.8, 4) is 0 Å². The van der Waals surface area contributed by atoms with Crippen LogP contribution in [0.5, 0.6) is 0 Å². The van der Waals surface area contributed by atoms with Crippen LogP contribution < -0.4 is 5.32 Å². The molecule has 0 aromatic rings. The minimum Gasteiger partial charge on any atom is -0.479 e. The Bertz CT molecular complexity index is 143. The number of thioether (sulfide) groups is 1. The number of hydrogen-bond donors (Lipinski definition) is 2. The van der Waals surface area contributed by atoms with Gasteiger partial charge < -0.3 is 5.11 Å². The lowest BCUT2D eigenvalue weighted by Gasteiger charge is -2.20. The Morgan fingerprint density at radius 1 is 1.90 bits per heavy atom. The van der Waals surface area contributed by atoms with Crippen LogP contribution in [-0.4, -0.2) is 28.2 Å². The van der Waals surface area contributed by atoms with Crippen LogP contribution in [0.15, 0.2) is 0 Å². The quantitative estimate of drug-likeness (QED) is 0.619. The molecule has 1 atom stereocenters. The van der Waals surface area contributed by atoms with E-state index in [0.29, 0.717) is 6.42 Å². The van der Waals surface area contributed by atoms with Gasteiger partial charge in [0.25, 0.3) is 0 Å². The number of carboxylic acid groups (broad SMARTS) is 1. The molecule has 0 aliphatic carbocycles. The van der Waals surface area contributed by atoms with Gasteiger partial charge in [0.15, 0.2) is 4.87 Å². The minimum absolute atomic E-state index is 0.646. The van der Waals surface area contributed by atoms with Crippen LogP contribution in [0.1, 0.15) is 13.3 Å². The van der Waals surface area contributed by atoms with Crippen molar-refractivity contribution in [2.24, 2.45) is 0 Å². The molecule has 3 nitrogen and oxygen atoms in total. The first-order chi connectivity index (χ1) is 4.71. The number of rotatable bonds is 2. The Labute approximate surface area is 64.2 Å². The Balaban J connectivity index is 2.67. The minimum atomic E-state index is -0.738. The molecule has 1 rings (SSSR count). The van der Waals surface area contributed by atoms with Gasteiger partial charge in [0.2, 0.25) is 0 Å². The lowest BCUT2D eigenvalue weighted by Crippen LogP contribution is -2.44. The third-order valence-corrected chi connectivity index (χ3v) is 3.21. The van der Waals surface area contributed by atoms with Gasteiger partial charge in [-0.05, 0) is 6.42 Å². The molecule has 1 heterocycles. The van der Waals surface area contributed by atoms with Gasteiger partial charge in [-0.15, -0.1) is 11.8 Å². The number of hydrogen-bond acceptors (Lipinski definition) is 3. The smallest absolute Gasteiger partial charge is 0.334 e. The highest BCUT2D eigenvalue weighted by molar-refractivity contribution is 8.01. The zero-order valence-electron chi connectivity index (χ0n) is 5.89. The molecule has 0 bridgehead atoms. The fourth-order valence-corrected chi connectivity index (χ4v) is 2.13. The van der Waals surface area contributed by atoms with Crippen molar-refractivity contribution in [2.75, 3.05) is 12.3 Å². The first kappa shape index (κ1) is 7.88. The molecule has 0 spiro atoms. The highest BCUT2D eigenvalue weighted by atomic mass is 32.2. The van der Waals surface area contributed by atoms with Gasteiger partial charge in [0, 0.05) is 12.3 Å². The lowest BCUT2D eigenvalue weighted by atomic mass is 10.2. The van der Waals surface area contributed by atoms with Gasteiger partial charge in [-0.1, -0.05) is 6.92 Å². The zero-order valence-corrected chi connectivity index (χ0v) is 6.70. The van der Waals surface area contributed by atoms with Gasteiger partial charge in [-0.25, -0.2) is 4.79 Å². The van der Waals surface area contributed by atoms with Crippen LogP contribution >= 0.6 is 11.8 Å². The van der Waals surface area contributed by atoms with Gasteiger partial charge in [0.1, 0.15) is 0 Å². The van der Waals surface area contributed by atoms with Crippen LogP contribution in [0.3, 0.4) is 0 Å². The van der Waals surface area contributed by atoms with E-state index in [9.17, 15) is 4.79 Å². The summed E-state index contributed by atoms with van der Waals surface area (Å²) in [4.78, 5) is 9.99. The summed E-state index contributed by atoms with van der Waals surface area (Å²) in [6, 6.07) is 0. The van der Waals surface area contributed by atoms with Crippen molar-refractivity contribution in [1.82, 2.24) is 5.32 Å². The van der Waals surface area contributed by atoms with Gasteiger partial charge >= 0.3 is 5.97 Å². The molecular formula is C6H11NO2S. The molecule has 2 N–H and O–H groups in total. The van der Waals surface area contributed by atoms with E-state index in [1.807, 2.05) is 6.92 Å². The molecule has 0 saturated carbocycles. The van der Waals surface area contributed by atoms with E-state index < -0.39 is 10.8 Å². The van der Waals surface area contributed by atoms with E-state index >= 15 is 0 Å². The molecule has 1 fully saturated rings. The van der Waals surface area contributed by atoms with E-state index in [2.05, 4.69) is 5.32 Å². The Kier molecular flexibility index (Phi) is 2.21. The van der Waals surface area contributed by atoms with E-state index in [0.717, 1.165) is 12.3 Å². The highest BCUT2D eigenvalue weighted by Gasteiger charge is 2.39. The molecule has 0 aromatic carbocycles. The standard InChI is InChI=1S/C6H11NO2S/c1-2-6(5(8)9)7-3-4-10-6/h7H,2-4H2,1H3,(H,8,9). The molecule has 1 aliphatic heterocycles. The zero-order chi connectivity index (χ0) is 7.61. The maximum atomic E-state index is 10.7. The summed E-state index contributed by atoms with van der Waals surface area (Å²) in [6.45, 7) is 2.70. The predicted molar refractivity (Wildman–Crippen MR) is 41.1 cm³/mol. The molecule has 1 unspecified atom stereocenters. The fraction of sp³-hybridized carbons (Fsp3) is 0.833. The Morgan fingerprint density at radius 2 is 2.60 bits per heavy atom. The Hall–Kier alpha value is -0.220. The Morgan fingerprint density at radius 3 is 2.80 bits per heavy atom. The van der Waals surface area contributed by atoms with Crippen molar-refractivity contribution >= 4 is 17.7 Å². The second kappa shape index (κ2) is 2.80. The van der Waals surface area contributed by atoms with Crippen molar-refractivity contribution in [3.63, 3.8) is 0 Å². The average molecular weight is 161 g/mol. The predicted octanol–water partition coefficient (Wildman–Crippen LogP) is 0.514. The summed E-state index contributed by atoms with van der Waals surface area (Å²) >= 11 is 1.49. The molecule has 1 saturated heterocycles. The number of nitrogens with one attached hydrogen (secondary N) is 1. The molecule has 1 aliphatic rings. The van der Waals surface area contributed by atoms with Crippen LogP contribution in [0, 0.1) is 0 Å². The first-order valence-electron chi connectivity index (χ1n) is 3.33. The van der Waals surface area contributed by atoms with Crippen LogP contribution in [0.2, 0.25) is 0 Å². The third kappa shape index (κ3) is 1.13. The van der Waals surface area contributed by atoms with E-state index in [-0.39, 0.29) is 0 Å². The lowest BCUT2D eigenvalue weighted by molar-refractivity contribution is -0.140. The van der Waals surface area contributed by atoms with Crippen molar-refractivity contribution < 1.29 is 9.90 Å². The largest absolute Gasteiger partial charge is 0.479 e. The molecular weight excluding hydrogens is 150 g/mol. The molecule has 0 aromatic heterocycles. The average Bonchev–Trinajstić information content (AvgIpc) is 2.35. The number of aliphatic carboxylic acids is 1. The summed E-state index contributed by atoms with van der Waals surface area (Å²) in [5.41, 5.74) is 0. The maximum Gasteiger partial charge on any atom is 0.334 e. The second-order valence-corrected chi connectivity index (χ2v) is 3.65. The van der Waals surface area contributed by atoms with Crippen LogP contribution in [0.25, 0.3) is 0 Å². The summed E-state index contributed by atoms with van der Waals surface area (Å²) in [5.74, 6) is 0.164. The summed E-state index contributed by atoms with van der Waals surface area (Å²) in [7, 11) is 0. The summed E-state index contributed by atoms with van der Waals surface area (Å²) in [6.07, 6.45) is 0.646. The van der Waals surface area contributed by atoms with Gasteiger partial charge in [-0.2, -0.15) is 0 Å². The highest BCUT2D eigenvalue weighted by Crippen LogP contribution is 2.30. The molecule has 0 radical (unpaired) electrons. The van der Waals surface area contributed by atoms with Crippen LogP contribution in [0.4, 0.5) is 0 Å². The van der Waals surface area contributed by atoms with Gasteiger partial charge in [0.05, 0.1) is 0 Å². The molecule has 0 amide bonds. The second-order valence-electron chi connectivity index (χ2n) is 2.26. The summed E-state index contributed by atoms with van der Waals surface area (Å²) < 4.78 is 0. The first-order valence-corrected chi connectivity index (χ1v) is 4.32. The number of carboxylic acids is 1. The van der Waals surface area contributed by atoms with Crippen molar-refractivity contribution in [1.29, 1.82) is 0 Å². The monoisotopic (exact) mass is 161 g/mol. The van der Waals surface area contributed by atoms with E-state index in [1.165, 1.54) is 11.8 Å². The fourth-order valence-electron chi connectivity index (χ4n) is 1.04.